The first-order valence-corrected chi connectivity index (χ1v) is 11.5. The molecule has 1 saturated heterocycles. The molecule has 1 aliphatic heterocycles. The number of thiophene rings is 1. The van der Waals surface area contributed by atoms with Crippen LogP contribution in [0, 0.1) is 5.92 Å². The van der Waals surface area contributed by atoms with E-state index < -0.39 is 0 Å². The molecule has 8 heteroatoms. The van der Waals surface area contributed by atoms with E-state index in [0.717, 1.165) is 28.6 Å². The van der Waals surface area contributed by atoms with Crippen LogP contribution < -0.4 is 10.6 Å². The van der Waals surface area contributed by atoms with E-state index in [0.29, 0.717) is 30.3 Å². The number of hydrogen-bond donors (Lipinski definition) is 2. The van der Waals surface area contributed by atoms with E-state index in [1.807, 2.05) is 48.5 Å². The van der Waals surface area contributed by atoms with Gasteiger partial charge in [-0.25, -0.2) is 9.59 Å². The number of benzene rings is 2. The van der Waals surface area contributed by atoms with Crippen LogP contribution in [0.3, 0.4) is 0 Å². The lowest BCUT2D eigenvalue weighted by molar-refractivity contribution is -0.121. The molecule has 0 radical (unpaired) electrons. The number of hydrogen-bond acceptors (Lipinski definition) is 5. The maximum Gasteiger partial charge on any atom is 0.348 e. The van der Waals surface area contributed by atoms with Crippen LogP contribution in [0.1, 0.15) is 29.4 Å². The number of piperidine rings is 1. The molecule has 166 valence electrons. The number of nitrogens with one attached hydrogen (secondary N) is 2. The Balaban J connectivity index is 1.39. The quantitative estimate of drug-likeness (QED) is 0.537. The predicted molar refractivity (Wildman–Crippen MR) is 126 cm³/mol. The van der Waals surface area contributed by atoms with Crippen molar-refractivity contribution in [3.63, 3.8) is 0 Å². The Bertz CT molecular complexity index is 1130. The molecule has 2 aromatic carbocycles. The number of urea groups is 1. The van der Waals surface area contributed by atoms with Gasteiger partial charge in [-0.15, -0.1) is 11.3 Å². The van der Waals surface area contributed by atoms with Crippen LogP contribution in [0.25, 0.3) is 10.1 Å². The Kier molecular flexibility index (Phi) is 6.70. The second kappa shape index (κ2) is 9.82. The van der Waals surface area contributed by atoms with Crippen LogP contribution in [-0.2, 0) is 9.53 Å². The van der Waals surface area contributed by atoms with Gasteiger partial charge in [-0.1, -0.05) is 18.2 Å². The summed E-state index contributed by atoms with van der Waals surface area (Å²) in [7, 11) is 0. The Labute approximate surface area is 190 Å². The van der Waals surface area contributed by atoms with E-state index in [-0.39, 0.29) is 23.8 Å². The van der Waals surface area contributed by atoms with Crippen LogP contribution >= 0.6 is 11.3 Å². The Morgan fingerprint density at radius 1 is 1.06 bits per heavy atom. The van der Waals surface area contributed by atoms with Crippen LogP contribution in [0.15, 0.2) is 54.6 Å². The average molecular weight is 452 g/mol. The molecule has 1 fully saturated rings. The van der Waals surface area contributed by atoms with Gasteiger partial charge < -0.3 is 20.3 Å². The van der Waals surface area contributed by atoms with Gasteiger partial charge in [-0.05, 0) is 61.5 Å². The number of nitrogens with zero attached hydrogens (tertiary/aromatic N) is 1. The van der Waals surface area contributed by atoms with Crippen molar-refractivity contribution in [3.05, 3.63) is 59.5 Å². The third kappa shape index (κ3) is 5.08. The summed E-state index contributed by atoms with van der Waals surface area (Å²) in [5, 5.41) is 6.73. The highest BCUT2D eigenvalue weighted by molar-refractivity contribution is 7.20. The van der Waals surface area contributed by atoms with Crippen LogP contribution in [-0.4, -0.2) is 42.5 Å². The van der Waals surface area contributed by atoms with Gasteiger partial charge in [0, 0.05) is 29.2 Å². The number of para-hydroxylation sites is 1. The first-order valence-electron chi connectivity index (χ1n) is 10.7. The van der Waals surface area contributed by atoms with Gasteiger partial charge in [0.05, 0.1) is 12.5 Å². The number of carbonyl (C=O) groups excluding carboxylic acids is 3. The third-order valence-corrected chi connectivity index (χ3v) is 6.46. The van der Waals surface area contributed by atoms with Crippen molar-refractivity contribution in [2.24, 2.45) is 5.92 Å². The summed E-state index contributed by atoms with van der Waals surface area (Å²) in [4.78, 5) is 39.7. The summed E-state index contributed by atoms with van der Waals surface area (Å²) in [5.41, 5.74) is 1.40. The van der Waals surface area contributed by atoms with Gasteiger partial charge in [0.1, 0.15) is 4.88 Å². The molecular formula is C24H25N3O4S. The molecule has 1 aliphatic rings. The highest BCUT2D eigenvalue weighted by atomic mass is 32.1. The van der Waals surface area contributed by atoms with Crippen LogP contribution in [0.5, 0.6) is 0 Å². The fourth-order valence-corrected chi connectivity index (χ4v) is 4.70. The second-order valence-electron chi connectivity index (χ2n) is 7.65. The molecular weight excluding hydrogens is 426 g/mol. The normalized spacial score (nSPS) is 15.9. The number of amides is 3. The molecule has 32 heavy (non-hydrogen) atoms. The second-order valence-corrected chi connectivity index (χ2v) is 8.74. The molecule has 0 saturated carbocycles. The topological polar surface area (TPSA) is 87.7 Å². The van der Waals surface area contributed by atoms with Crippen molar-refractivity contribution < 1.29 is 19.1 Å². The van der Waals surface area contributed by atoms with E-state index in [1.54, 1.807) is 17.9 Å². The molecule has 0 spiro atoms. The van der Waals surface area contributed by atoms with Gasteiger partial charge in [0.25, 0.3) is 0 Å². The number of anilines is 2. The van der Waals surface area contributed by atoms with Crippen LogP contribution in [0.4, 0.5) is 16.2 Å². The van der Waals surface area contributed by atoms with E-state index in [2.05, 4.69) is 10.6 Å². The first kappa shape index (κ1) is 21.8. The van der Waals surface area contributed by atoms with Gasteiger partial charge in [0.2, 0.25) is 5.91 Å². The SMILES string of the molecule is CCOC(=O)c1cc2cc(NC(=O)[C@H]3CCCN(C(=O)Nc4ccccc4)C3)ccc2s1. The minimum absolute atomic E-state index is 0.109. The molecule has 2 heterocycles. The standard InChI is InChI=1S/C24H25N3O4S/c1-2-31-23(29)21-14-17-13-19(10-11-20(17)32-21)25-22(28)16-7-6-12-27(15-16)24(30)26-18-8-4-3-5-9-18/h3-5,8-11,13-14,16H,2,6-7,12,15H2,1H3,(H,25,28)(H,26,30)/t16-/m0/s1. The zero-order valence-electron chi connectivity index (χ0n) is 17.8. The van der Waals surface area contributed by atoms with E-state index in [4.69, 9.17) is 4.74 Å². The van der Waals surface area contributed by atoms with Crippen LogP contribution in [0.2, 0.25) is 0 Å². The summed E-state index contributed by atoms with van der Waals surface area (Å²) in [6, 6.07) is 16.4. The minimum Gasteiger partial charge on any atom is -0.462 e. The fourth-order valence-electron chi connectivity index (χ4n) is 3.77. The number of rotatable bonds is 5. The van der Waals surface area contributed by atoms with Gasteiger partial charge in [-0.2, -0.15) is 0 Å². The van der Waals surface area contributed by atoms with Gasteiger partial charge in [-0.3, -0.25) is 4.79 Å². The largest absolute Gasteiger partial charge is 0.462 e. The van der Waals surface area contributed by atoms with Gasteiger partial charge in [0.15, 0.2) is 0 Å². The molecule has 3 aromatic rings. The number of esters is 1. The molecule has 2 N–H and O–H groups in total. The Hall–Kier alpha value is -3.39. The monoisotopic (exact) mass is 451 g/mol. The zero-order chi connectivity index (χ0) is 22.5. The molecule has 3 amide bonds. The fraction of sp³-hybridized carbons (Fsp3) is 0.292. The van der Waals surface area contributed by atoms with Gasteiger partial charge >= 0.3 is 12.0 Å². The summed E-state index contributed by atoms with van der Waals surface area (Å²) in [6.45, 7) is 3.10. The average Bonchev–Trinajstić information content (AvgIpc) is 3.24. The van der Waals surface area contributed by atoms with E-state index >= 15 is 0 Å². The van der Waals surface area contributed by atoms with Crippen molar-refractivity contribution in [1.29, 1.82) is 0 Å². The van der Waals surface area contributed by atoms with Crippen molar-refractivity contribution in [1.82, 2.24) is 4.90 Å². The summed E-state index contributed by atoms with van der Waals surface area (Å²) in [6.07, 6.45) is 1.50. The molecule has 7 nitrogen and oxygen atoms in total. The molecule has 0 aliphatic carbocycles. The maximum absolute atomic E-state index is 12.9. The lowest BCUT2D eigenvalue weighted by Crippen LogP contribution is -2.45. The zero-order valence-corrected chi connectivity index (χ0v) is 18.6. The number of ether oxygens (including phenoxy) is 1. The lowest BCUT2D eigenvalue weighted by atomic mass is 9.97. The van der Waals surface area contributed by atoms with Crippen molar-refractivity contribution >= 4 is 50.7 Å². The molecule has 0 unspecified atom stereocenters. The minimum atomic E-state index is -0.338. The predicted octanol–water partition coefficient (Wildman–Crippen LogP) is 4.96. The number of likely N-dealkylation sites (tertiary alicyclic amines) is 1. The first-order chi connectivity index (χ1) is 15.5. The Morgan fingerprint density at radius 2 is 1.88 bits per heavy atom. The van der Waals surface area contributed by atoms with E-state index in [9.17, 15) is 14.4 Å². The van der Waals surface area contributed by atoms with Crippen molar-refractivity contribution in [3.8, 4) is 0 Å². The maximum atomic E-state index is 12.9. The molecule has 1 aromatic heterocycles. The highest BCUT2D eigenvalue weighted by Crippen LogP contribution is 2.29. The highest BCUT2D eigenvalue weighted by Gasteiger charge is 2.28. The van der Waals surface area contributed by atoms with Crippen molar-refractivity contribution in [2.75, 3.05) is 30.3 Å². The van der Waals surface area contributed by atoms with E-state index in [1.165, 1.54) is 11.3 Å². The van der Waals surface area contributed by atoms with Crippen molar-refractivity contribution in [2.45, 2.75) is 19.8 Å². The molecule has 1 atom stereocenters. The smallest absolute Gasteiger partial charge is 0.348 e. The third-order valence-electron chi connectivity index (χ3n) is 5.36. The Morgan fingerprint density at radius 3 is 2.66 bits per heavy atom. The summed E-state index contributed by atoms with van der Waals surface area (Å²) >= 11 is 1.37. The number of carbonyl (C=O) groups is 3. The number of fused-ring (bicyclic) bond motifs is 1. The summed E-state index contributed by atoms with van der Waals surface area (Å²) in [5.74, 6) is -0.726. The molecule has 0 bridgehead atoms. The lowest BCUT2D eigenvalue weighted by Gasteiger charge is -2.32. The summed E-state index contributed by atoms with van der Waals surface area (Å²) < 4.78 is 6.01. The molecule has 4 rings (SSSR count).